The van der Waals surface area contributed by atoms with Crippen LogP contribution in [0.2, 0.25) is 0 Å². The van der Waals surface area contributed by atoms with Crippen LogP contribution in [0.5, 0.6) is 5.75 Å². The minimum atomic E-state index is -0.236. The largest absolute Gasteiger partial charge is 0.496 e. The van der Waals surface area contributed by atoms with Crippen molar-refractivity contribution in [1.29, 1.82) is 0 Å². The van der Waals surface area contributed by atoms with E-state index in [1.165, 1.54) is 11.3 Å². The normalized spacial score (nSPS) is 10.7. The van der Waals surface area contributed by atoms with Crippen LogP contribution in [0.3, 0.4) is 0 Å². The number of ether oxygens (including phenoxy) is 1. The number of benzene rings is 1. The summed E-state index contributed by atoms with van der Waals surface area (Å²) < 4.78 is 5.19. The van der Waals surface area contributed by atoms with Crippen molar-refractivity contribution in [2.45, 2.75) is 32.6 Å². The third-order valence-corrected chi connectivity index (χ3v) is 4.35. The average molecular weight is 305 g/mol. The van der Waals surface area contributed by atoms with E-state index in [-0.39, 0.29) is 5.91 Å². The summed E-state index contributed by atoms with van der Waals surface area (Å²) in [6.45, 7) is 4.26. The van der Waals surface area contributed by atoms with Crippen molar-refractivity contribution in [3.05, 3.63) is 34.8 Å². The number of nitrogens with zero attached hydrogens (tertiary/aromatic N) is 2. The summed E-state index contributed by atoms with van der Waals surface area (Å²) in [7, 11) is 1.54. The molecule has 0 atom stereocenters. The number of aromatic nitrogens is 2. The number of nitrogens with one attached hydrogen (secondary N) is 1. The zero-order chi connectivity index (χ0) is 15.2. The molecule has 0 bridgehead atoms. The Balaban J connectivity index is 2.13. The van der Waals surface area contributed by atoms with Gasteiger partial charge in [0.25, 0.3) is 5.91 Å². The van der Waals surface area contributed by atoms with Gasteiger partial charge in [0.15, 0.2) is 0 Å². The Labute approximate surface area is 128 Å². The summed E-state index contributed by atoms with van der Waals surface area (Å²) in [4.78, 5) is 12.3. The molecule has 0 fully saturated rings. The molecule has 21 heavy (non-hydrogen) atoms. The number of carbonyl (C=O) groups excluding carboxylic acids is 1. The molecule has 1 N–H and O–H groups in total. The van der Waals surface area contributed by atoms with Crippen LogP contribution < -0.4 is 10.1 Å². The first-order valence-corrected chi connectivity index (χ1v) is 7.79. The van der Waals surface area contributed by atoms with E-state index in [2.05, 4.69) is 29.4 Å². The summed E-state index contributed by atoms with van der Waals surface area (Å²) in [5.41, 5.74) is 0.485. The first kappa shape index (κ1) is 15.4. The zero-order valence-electron chi connectivity index (χ0n) is 12.4. The number of anilines is 1. The number of hydrogen-bond donors (Lipinski definition) is 1. The second-order valence-corrected chi connectivity index (χ2v) is 5.62. The molecule has 0 aliphatic carbocycles. The van der Waals surface area contributed by atoms with Crippen molar-refractivity contribution >= 4 is 22.4 Å². The van der Waals surface area contributed by atoms with Crippen molar-refractivity contribution in [1.82, 2.24) is 10.2 Å². The Hall–Kier alpha value is -1.95. The molecular formula is C15H19N3O2S. The van der Waals surface area contributed by atoms with Gasteiger partial charge in [-0.15, -0.1) is 10.2 Å². The van der Waals surface area contributed by atoms with Crippen LogP contribution in [0.15, 0.2) is 24.3 Å². The fourth-order valence-electron chi connectivity index (χ4n) is 2.08. The van der Waals surface area contributed by atoms with E-state index in [0.717, 1.165) is 17.8 Å². The van der Waals surface area contributed by atoms with E-state index in [1.54, 1.807) is 25.3 Å². The molecule has 2 aromatic rings. The van der Waals surface area contributed by atoms with Crippen LogP contribution in [0.1, 0.15) is 48.0 Å². The Kier molecular flexibility index (Phi) is 5.27. The molecular weight excluding hydrogens is 286 g/mol. The molecule has 0 saturated heterocycles. The smallest absolute Gasteiger partial charge is 0.261 e. The summed E-state index contributed by atoms with van der Waals surface area (Å²) in [6.07, 6.45) is 2.04. The van der Waals surface area contributed by atoms with Crippen molar-refractivity contribution in [2.24, 2.45) is 0 Å². The molecule has 5 nitrogen and oxygen atoms in total. The van der Waals surface area contributed by atoms with Gasteiger partial charge in [0, 0.05) is 5.92 Å². The summed E-state index contributed by atoms with van der Waals surface area (Å²) >= 11 is 1.43. The molecule has 0 radical (unpaired) electrons. The average Bonchev–Trinajstić information content (AvgIpc) is 2.96. The maximum Gasteiger partial charge on any atom is 0.261 e. The fraction of sp³-hybridized carbons (Fsp3) is 0.400. The summed E-state index contributed by atoms with van der Waals surface area (Å²) in [5, 5.41) is 12.5. The Morgan fingerprint density at radius 3 is 2.67 bits per heavy atom. The molecule has 112 valence electrons. The highest BCUT2D eigenvalue weighted by atomic mass is 32.1. The second-order valence-electron chi connectivity index (χ2n) is 4.61. The first-order chi connectivity index (χ1) is 10.2. The lowest BCUT2D eigenvalue weighted by atomic mass is 10.1. The van der Waals surface area contributed by atoms with Crippen molar-refractivity contribution in [2.75, 3.05) is 12.4 Å². The third kappa shape index (κ3) is 3.58. The molecule has 0 aliphatic rings. The number of carbonyl (C=O) groups is 1. The van der Waals surface area contributed by atoms with Crippen LogP contribution in [-0.4, -0.2) is 23.2 Å². The van der Waals surface area contributed by atoms with E-state index in [4.69, 9.17) is 4.74 Å². The Morgan fingerprint density at radius 1 is 1.29 bits per heavy atom. The van der Waals surface area contributed by atoms with E-state index in [9.17, 15) is 4.79 Å². The van der Waals surface area contributed by atoms with E-state index in [1.807, 2.05) is 6.07 Å². The van der Waals surface area contributed by atoms with Crippen LogP contribution in [-0.2, 0) is 0 Å². The minimum Gasteiger partial charge on any atom is -0.496 e. The number of amides is 1. The quantitative estimate of drug-likeness (QED) is 0.883. The van der Waals surface area contributed by atoms with E-state index >= 15 is 0 Å². The number of para-hydroxylation sites is 1. The highest BCUT2D eigenvalue weighted by molar-refractivity contribution is 7.15. The van der Waals surface area contributed by atoms with Crippen LogP contribution in [0.4, 0.5) is 5.13 Å². The molecule has 1 heterocycles. The van der Waals surface area contributed by atoms with Gasteiger partial charge < -0.3 is 4.74 Å². The highest BCUT2D eigenvalue weighted by Crippen LogP contribution is 2.28. The molecule has 1 aromatic carbocycles. The van der Waals surface area contributed by atoms with Crippen molar-refractivity contribution < 1.29 is 9.53 Å². The monoisotopic (exact) mass is 305 g/mol. The molecule has 6 heteroatoms. The number of hydrogen-bond acceptors (Lipinski definition) is 5. The van der Waals surface area contributed by atoms with Gasteiger partial charge in [0.1, 0.15) is 10.8 Å². The van der Waals surface area contributed by atoms with Gasteiger partial charge in [-0.1, -0.05) is 37.3 Å². The molecule has 0 unspecified atom stereocenters. The van der Waals surface area contributed by atoms with Gasteiger partial charge in [-0.25, -0.2) is 0 Å². The predicted molar refractivity (Wildman–Crippen MR) is 84.2 cm³/mol. The summed E-state index contributed by atoms with van der Waals surface area (Å²) in [6, 6.07) is 7.10. The highest BCUT2D eigenvalue weighted by Gasteiger charge is 2.16. The maximum atomic E-state index is 12.3. The van der Waals surface area contributed by atoms with Gasteiger partial charge in [0.2, 0.25) is 5.13 Å². The molecule has 0 saturated carbocycles. The lowest BCUT2D eigenvalue weighted by molar-refractivity contribution is 0.102. The first-order valence-electron chi connectivity index (χ1n) is 6.97. The van der Waals surface area contributed by atoms with Gasteiger partial charge in [-0.2, -0.15) is 0 Å². The van der Waals surface area contributed by atoms with Crippen molar-refractivity contribution in [3.63, 3.8) is 0 Å². The fourth-order valence-corrected chi connectivity index (χ4v) is 3.09. The van der Waals surface area contributed by atoms with E-state index in [0.29, 0.717) is 22.4 Å². The predicted octanol–water partition coefficient (Wildman–Crippen LogP) is 3.70. The van der Waals surface area contributed by atoms with Gasteiger partial charge >= 0.3 is 0 Å². The van der Waals surface area contributed by atoms with E-state index < -0.39 is 0 Å². The standard InChI is InChI=1S/C15H19N3O2S/c1-4-10(5-2)14-17-18-15(21-14)16-13(19)11-8-6-7-9-12(11)20-3/h6-10H,4-5H2,1-3H3,(H,16,18,19). The summed E-state index contributed by atoms with van der Waals surface area (Å²) in [5.74, 6) is 0.707. The van der Waals surface area contributed by atoms with Crippen LogP contribution in [0.25, 0.3) is 0 Å². The Bertz CT molecular complexity index is 608. The number of rotatable bonds is 6. The van der Waals surface area contributed by atoms with Crippen molar-refractivity contribution in [3.8, 4) is 5.75 Å². The molecule has 0 spiro atoms. The lowest BCUT2D eigenvalue weighted by Gasteiger charge is -2.07. The molecule has 1 amide bonds. The van der Waals surface area contributed by atoms with Gasteiger partial charge in [-0.05, 0) is 25.0 Å². The maximum absolute atomic E-state index is 12.3. The SMILES string of the molecule is CCC(CC)c1nnc(NC(=O)c2ccccc2OC)s1. The Morgan fingerprint density at radius 2 is 2.00 bits per heavy atom. The van der Waals surface area contributed by atoms with Gasteiger partial charge in [0.05, 0.1) is 12.7 Å². The van der Waals surface area contributed by atoms with Crippen LogP contribution in [0, 0.1) is 0 Å². The molecule has 2 rings (SSSR count). The number of methoxy groups -OCH3 is 1. The molecule has 1 aromatic heterocycles. The van der Waals surface area contributed by atoms with Gasteiger partial charge in [-0.3, -0.25) is 10.1 Å². The minimum absolute atomic E-state index is 0.236. The topological polar surface area (TPSA) is 64.1 Å². The molecule has 0 aliphatic heterocycles. The third-order valence-electron chi connectivity index (χ3n) is 3.35. The van der Waals surface area contributed by atoms with Crippen LogP contribution >= 0.6 is 11.3 Å². The zero-order valence-corrected chi connectivity index (χ0v) is 13.2. The lowest BCUT2D eigenvalue weighted by Crippen LogP contribution is -2.12. The second kappa shape index (κ2) is 7.17.